The van der Waals surface area contributed by atoms with Crippen LogP contribution in [-0.4, -0.2) is 39.0 Å². The molecule has 7 nitrogen and oxygen atoms in total. The van der Waals surface area contributed by atoms with Crippen molar-refractivity contribution in [2.24, 2.45) is 5.41 Å². The Kier molecular flexibility index (Phi) is 5.08. The van der Waals surface area contributed by atoms with E-state index in [2.05, 4.69) is 15.4 Å². The summed E-state index contributed by atoms with van der Waals surface area (Å²) < 4.78 is 28.6. The molecular weight excluding hydrogens is 440 g/mol. The lowest BCUT2D eigenvalue weighted by Gasteiger charge is -2.36. The first kappa shape index (κ1) is 20.8. The van der Waals surface area contributed by atoms with Crippen LogP contribution < -0.4 is 10.2 Å². The molecule has 1 spiro atoms. The van der Waals surface area contributed by atoms with Crippen LogP contribution in [0, 0.1) is 17.0 Å². The van der Waals surface area contributed by atoms with Gasteiger partial charge in [0.05, 0.1) is 22.3 Å². The highest BCUT2D eigenvalue weighted by atomic mass is 35.5. The smallest absolute Gasteiger partial charge is 0.271 e. The third kappa shape index (κ3) is 3.40. The highest BCUT2D eigenvalue weighted by molar-refractivity contribution is 6.34. The third-order valence-electron chi connectivity index (χ3n) is 6.58. The zero-order valence-electron chi connectivity index (χ0n) is 17.0. The SMILES string of the molecule is O=C(NC1CCC2(CC1)CCN(c1cc(F)c(F)cc1Cl)C2=O)c1cnc2cccnn12. The molecule has 10 heteroatoms. The summed E-state index contributed by atoms with van der Waals surface area (Å²) >= 11 is 6.08. The Bertz CT molecular complexity index is 1220. The van der Waals surface area contributed by atoms with E-state index in [4.69, 9.17) is 11.6 Å². The maximum Gasteiger partial charge on any atom is 0.271 e. The van der Waals surface area contributed by atoms with Crippen LogP contribution in [0.15, 0.2) is 36.7 Å². The van der Waals surface area contributed by atoms with Crippen LogP contribution in [0.4, 0.5) is 14.5 Å². The van der Waals surface area contributed by atoms with Crippen molar-refractivity contribution in [3.8, 4) is 0 Å². The number of hydrogen-bond acceptors (Lipinski definition) is 4. The van der Waals surface area contributed by atoms with E-state index >= 15 is 0 Å². The van der Waals surface area contributed by atoms with Crippen molar-refractivity contribution in [3.63, 3.8) is 0 Å². The van der Waals surface area contributed by atoms with Gasteiger partial charge in [-0.15, -0.1) is 0 Å². The maximum absolute atomic E-state index is 13.7. The van der Waals surface area contributed by atoms with Crippen LogP contribution in [0.3, 0.4) is 0 Å². The van der Waals surface area contributed by atoms with Crippen LogP contribution in [0.25, 0.3) is 5.65 Å². The van der Waals surface area contributed by atoms with Gasteiger partial charge in [-0.3, -0.25) is 9.59 Å². The number of amides is 2. The number of fused-ring (bicyclic) bond motifs is 1. The maximum atomic E-state index is 13.7. The van der Waals surface area contributed by atoms with Gasteiger partial charge >= 0.3 is 0 Å². The highest BCUT2D eigenvalue weighted by Gasteiger charge is 2.49. The minimum absolute atomic E-state index is 0.0110. The molecule has 0 radical (unpaired) electrons. The van der Waals surface area contributed by atoms with Gasteiger partial charge in [-0.05, 0) is 50.3 Å². The van der Waals surface area contributed by atoms with Crippen LogP contribution >= 0.6 is 11.6 Å². The molecule has 2 fully saturated rings. The lowest BCUT2D eigenvalue weighted by Crippen LogP contribution is -2.44. The number of carbonyl (C=O) groups excluding carboxylic acids is 2. The number of aromatic nitrogens is 3. The number of nitrogens with zero attached hydrogens (tertiary/aromatic N) is 4. The molecule has 3 heterocycles. The summed E-state index contributed by atoms with van der Waals surface area (Å²) in [6, 6.07) is 5.32. The van der Waals surface area contributed by atoms with E-state index in [1.54, 1.807) is 18.3 Å². The fourth-order valence-electron chi connectivity index (χ4n) is 4.79. The second-order valence-electron chi connectivity index (χ2n) is 8.39. The van der Waals surface area contributed by atoms with Gasteiger partial charge in [-0.1, -0.05) is 11.6 Å². The number of nitrogens with one attached hydrogen (secondary N) is 1. The van der Waals surface area contributed by atoms with Gasteiger partial charge in [-0.2, -0.15) is 5.10 Å². The van der Waals surface area contributed by atoms with E-state index in [1.165, 1.54) is 15.6 Å². The van der Waals surface area contributed by atoms with Crippen LogP contribution in [0.2, 0.25) is 5.02 Å². The Morgan fingerprint density at radius 3 is 2.72 bits per heavy atom. The number of rotatable bonds is 3. The molecule has 0 atom stereocenters. The second kappa shape index (κ2) is 7.81. The molecule has 1 aromatic carbocycles. The van der Waals surface area contributed by atoms with Crippen LogP contribution in [0.5, 0.6) is 0 Å². The van der Waals surface area contributed by atoms with Crippen molar-refractivity contribution < 1.29 is 18.4 Å². The summed E-state index contributed by atoms with van der Waals surface area (Å²) in [4.78, 5) is 31.6. The molecule has 1 N–H and O–H groups in total. The fourth-order valence-corrected chi connectivity index (χ4v) is 5.04. The number of halogens is 3. The van der Waals surface area contributed by atoms with Gasteiger partial charge in [0.15, 0.2) is 17.3 Å². The van der Waals surface area contributed by atoms with Gasteiger partial charge in [-0.25, -0.2) is 18.3 Å². The van der Waals surface area contributed by atoms with E-state index in [-0.39, 0.29) is 28.6 Å². The molecule has 2 aromatic heterocycles. The zero-order chi connectivity index (χ0) is 22.5. The first-order valence-corrected chi connectivity index (χ1v) is 10.8. The fraction of sp³-hybridized carbons (Fsp3) is 0.364. The van der Waals surface area contributed by atoms with E-state index in [0.717, 1.165) is 12.1 Å². The summed E-state index contributed by atoms with van der Waals surface area (Å²) in [5, 5.41) is 7.20. The zero-order valence-corrected chi connectivity index (χ0v) is 17.8. The molecule has 1 aliphatic heterocycles. The number of benzene rings is 1. The van der Waals surface area contributed by atoms with Gasteiger partial charge < -0.3 is 10.2 Å². The van der Waals surface area contributed by atoms with E-state index < -0.39 is 17.0 Å². The number of anilines is 1. The Labute approximate surface area is 187 Å². The summed E-state index contributed by atoms with van der Waals surface area (Å²) in [6.45, 7) is 0.397. The summed E-state index contributed by atoms with van der Waals surface area (Å²) in [6.07, 6.45) is 6.17. The number of hydrogen-bond donors (Lipinski definition) is 1. The predicted molar refractivity (Wildman–Crippen MR) is 113 cm³/mol. The summed E-state index contributed by atoms with van der Waals surface area (Å²) in [5.74, 6) is -2.46. The molecule has 32 heavy (non-hydrogen) atoms. The summed E-state index contributed by atoms with van der Waals surface area (Å²) in [5.41, 5.74) is 0.577. The molecule has 1 aliphatic carbocycles. The lowest BCUT2D eigenvalue weighted by molar-refractivity contribution is -0.127. The van der Waals surface area contributed by atoms with E-state index in [1.807, 2.05) is 0 Å². The van der Waals surface area contributed by atoms with Crippen molar-refractivity contribution in [1.82, 2.24) is 19.9 Å². The van der Waals surface area contributed by atoms with Crippen molar-refractivity contribution in [2.45, 2.75) is 38.1 Å². The highest BCUT2D eigenvalue weighted by Crippen LogP contribution is 2.47. The topological polar surface area (TPSA) is 79.6 Å². The van der Waals surface area contributed by atoms with Crippen molar-refractivity contribution >= 4 is 34.7 Å². The van der Waals surface area contributed by atoms with Gasteiger partial charge in [0.25, 0.3) is 5.91 Å². The first-order valence-electron chi connectivity index (χ1n) is 10.4. The average molecular weight is 460 g/mol. The molecule has 1 saturated heterocycles. The minimum Gasteiger partial charge on any atom is -0.348 e. The Balaban J connectivity index is 1.26. The molecule has 166 valence electrons. The predicted octanol–water partition coefficient (Wildman–Crippen LogP) is 3.76. The normalized spacial score (nSPS) is 23.3. The number of carbonyl (C=O) groups is 2. The lowest BCUT2D eigenvalue weighted by atomic mass is 9.71. The van der Waals surface area contributed by atoms with Gasteiger partial charge in [0.2, 0.25) is 5.91 Å². The summed E-state index contributed by atoms with van der Waals surface area (Å²) in [7, 11) is 0. The monoisotopic (exact) mass is 459 g/mol. The molecular formula is C22H20ClF2N5O2. The van der Waals surface area contributed by atoms with E-state index in [0.29, 0.717) is 50.0 Å². The molecule has 2 aliphatic rings. The van der Waals surface area contributed by atoms with Crippen LogP contribution in [0.1, 0.15) is 42.6 Å². The number of imidazole rings is 1. The Morgan fingerprint density at radius 2 is 1.94 bits per heavy atom. The molecule has 1 saturated carbocycles. The Morgan fingerprint density at radius 1 is 1.19 bits per heavy atom. The first-order chi connectivity index (χ1) is 15.4. The quantitative estimate of drug-likeness (QED) is 0.605. The second-order valence-corrected chi connectivity index (χ2v) is 8.80. The molecule has 0 unspecified atom stereocenters. The Hall–Kier alpha value is -3.07. The third-order valence-corrected chi connectivity index (χ3v) is 6.88. The molecule has 2 amide bonds. The van der Waals surface area contributed by atoms with Crippen molar-refractivity contribution in [2.75, 3.05) is 11.4 Å². The minimum atomic E-state index is -1.04. The largest absolute Gasteiger partial charge is 0.348 e. The van der Waals surface area contributed by atoms with Gasteiger partial charge in [0.1, 0.15) is 5.69 Å². The standard InChI is InChI=1S/C22H20ClF2N5O2/c23-14-10-15(24)16(25)11-17(14)29-9-7-22(21(29)32)5-3-13(4-6-22)28-20(31)18-12-26-19-2-1-8-27-30(18)19/h1-2,8,10-13H,3-7,9H2,(H,28,31). The molecule has 3 aromatic rings. The van der Waals surface area contributed by atoms with Crippen LogP contribution in [-0.2, 0) is 4.79 Å². The molecule has 0 bridgehead atoms. The average Bonchev–Trinajstić information content (AvgIpc) is 3.35. The van der Waals surface area contributed by atoms with Crippen molar-refractivity contribution in [1.29, 1.82) is 0 Å². The molecule has 5 rings (SSSR count). The van der Waals surface area contributed by atoms with Gasteiger partial charge in [0, 0.05) is 24.8 Å². The van der Waals surface area contributed by atoms with E-state index in [9.17, 15) is 18.4 Å². The van der Waals surface area contributed by atoms with Crippen molar-refractivity contribution in [3.05, 3.63) is 59.0 Å².